The lowest BCUT2D eigenvalue weighted by molar-refractivity contribution is 0.0962. The number of halogens is 4. The van der Waals surface area contributed by atoms with E-state index in [4.69, 9.17) is 46.4 Å². The first kappa shape index (κ1) is 17.8. The first-order chi connectivity index (χ1) is 10.8. The molecule has 2 rings (SSSR count). The minimum atomic E-state index is -0.608. The number of nitrogens with one attached hydrogen (secondary N) is 2. The van der Waals surface area contributed by atoms with Gasteiger partial charge in [0.15, 0.2) is 0 Å². The summed E-state index contributed by atoms with van der Waals surface area (Å²) in [4.78, 5) is 27.5. The lowest BCUT2D eigenvalue weighted by atomic mass is 10.2. The van der Waals surface area contributed by atoms with Crippen molar-refractivity contribution >= 4 is 63.9 Å². The van der Waals surface area contributed by atoms with Crippen LogP contribution in [0, 0.1) is 0 Å². The molecule has 0 spiro atoms. The largest absolute Gasteiger partial charge is 0.355 e. The Hall–Kier alpha value is -1.53. The van der Waals surface area contributed by atoms with Gasteiger partial charge in [-0.25, -0.2) is 4.98 Å². The molecule has 9 heteroatoms. The Bertz CT molecular complexity index is 779. The predicted molar refractivity (Wildman–Crippen MR) is 92.1 cm³/mol. The molecule has 0 aliphatic carbocycles. The van der Waals surface area contributed by atoms with E-state index >= 15 is 0 Å². The van der Waals surface area contributed by atoms with Gasteiger partial charge in [-0.1, -0.05) is 46.4 Å². The number of nitrogens with zero attached hydrogens (tertiary/aromatic N) is 1. The van der Waals surface area contributed by atoms with Crippen molar-refractivity contribution < 1.29 is 9.59 Å². The highest BCUT2D eigenvalue weighted by molar-refractivity contribution is 6.52. The number of rotatable bonds is 3. The van der Waals surface area contributed by atoms with Gasteiger partial charge < -0.3 is 10.6 Å². The molecular weight excluding hydrogens is 384 g/mol. The Kier molecular flexibility index (Phi) is 5.70. The van der Waals surface area contributed by atoms with E-state index in [1.54, 1.807) is 24.3 Å². The maximum atomic E-state index is 12.2. The van der Waals surface area contributed by atoms with Gasteiger partial charge in [-0.3, -0.25) is 9.59 Å². The van der Waals surface area contributed by atoms with Crippen LogP contribution in [-0.4, -0.2) is 23.8 Å². The van der Waals surface area contributed by atoms with Crippen molar-refractivity contribution in [2.75, 3.05) is 12.4 Å². The molecule has 0 bridgehead atoms. The third-order valence-electron chi connectivity index (χ3n) is 2.83. The summed E-state index contributed by atoms with van der Waals surface area (Å²) >= 11 is 23.5. The van der Waals surface area contributed by atoms with Crippen molar-refractivity contribution in [3.05, 3.63) is 55.7 Å². The molecular formula is C14H9Cl4N3O2. The van der Waals surface area contributed by atoms with Crippen molar-refractivity contribution in [3.8, 4) is 0 Å². The Morgan fingerprint density at radius 1 is 0.913 bits per heavy atom. The van der Waals surface area contributed by atoms with Crippen LogP contribution < -0.4 is 10.6 Å². The number of benzene rings is 1. The monoisotopic (exact) mass is 391 g/mol. The number of hydrogen-bond donors (Lipinski definition) is 2. The molecule has 1 aromatic heterocycles. The zero-order chi connectivity index (χ0) is 17.1. The van der Waals surface area contributed by atoms with Crippen LogP contribution >= 0.6 is 46.4 Å². The molecule has 0 saturated carbocycles. The summed E-state index contributed by atoms with van der Waals surface area (Å²) in [5, 5.41) is 4.78. The molecule has 1 aromatic carbocycles. The van der Waals surface area contributed by atoms with Gasteiger partial charge in [-0.05, 0) is 24.3 Å². The second kappa shape index (κ2) is 7.36. The highest BCUT2D eigenvalue weighted by Crippen LogP contribution is 2.36. The van der Waals surface area contributed by atoms with Crippen LogP contribution in [0.15, 0.2) is 24.3 Å². The Morgan fingerprint density at radius 2 is 1.52 bits per heavy atom. The quantitative estimate of drug-likeness (QED) is 0.764. The lowest BCUT2D eigenvalue weighted by Gasteiger charge is -2.09. The summed E-state index contributed by atoms with van der Waals surface area (Å²) in [5.41, 5.74) is 0.753. The van der Waals surface area contributed by atoms with E-state index in [0.717, 1.165) is 0 Å². The zero-order valence-electron chi connectivity index (χ0n) is 11.6. The smallest absolute Gasteiger partial charge is 0.275 e. The van der Waals surface area contributed by atoms with E-state index in [1.165, 1.54) is 7.05 Å². The fourth-order valence-corrected chi connectivity index (χ4v) is 2.49. The van der Waals surface area contributed by atoms with Gasteiger partial charge in [0.2, 0.25) is 0 Å². The van der Waals surface area contributed by atoms with Crippen molar-refractivity contribution in [2.45, 2.75) is 0 Å². The molecule has 2 N–H and O–H groups in total. The summed E-state index contributed by atoms with van der Waals surface area (Å²) in [6.45, 7) is 0. The van der Waals surface area contributed by atoms with E-state index in [9.17, 15) is 9.59 Å². The van der Waals surface area contributed by atoms with E-state index in [2.05, 4.69) is 15.6 Å². The number of carbonyl (C=O) groups excluding carboxylic acids is 2. The molecule has 0 fully saturated rings. The summed E-state index contributed by atoms with van der Waals surface area (Å²) in [6.07, 6.45) is 0. The molecule has 2 amide bonds. The van der Waals surface area contributed by atoms with E-state index in [0.29, 0.717) is 11.3 Å². The second-order valence-electron chi connectivity index (χ2n) is 4.30. The molecule has 2 aromatic rings. The van der Waals surface area contributed by atoms with E-state index < -0.39 is 5.91 Å². The second-order valence-corrected chi connectivity index (χ2v) is 5.80. The van der Waals surface area contributed by atoms with Crippen LogP contribution in [0.25, 0.3) is 0 Å². The summed E-state index contributed by atoms with van der Waals surface area (Å²) in [7, 11) is 1.53. The maximum absolute atomic E-state index is 12.2. The topological polar surface area (TPSA) is 71.1 Å². The summed E-state index contributed by atoms with van der Waals surface area (Å²) in [5.74, 6) is -0.841. The van der Waals surface area contributed by atoms with E-state index in [-0.39, 0.29) is 31.8 Å². The van der Waals surface area contributed by atoms with Gasteiger partial charge in [-0.15, -0.1) is 0 Å². The molecule has 23 heavy (non-hydrogen) atoms. The first-order valence-corrected chi connectivity index (χ1v) is 7.69. The Morgan fingerprint density at radius 3 is 2.09 bits per heavy atom. The van der Waals surface area contributed by atoms with Crippen molar-refractivity contribution in [1.29, 1.82) is 0 Å². The molecule has 1 heterocycles. The average molecular weight is 393 g/mol. The van der Waals surface area contributed by atoms with Crippen LogP contribution in [0.5, 0.6) is 0 Å². The van der Waals surface area contributed by atoms with Crippen LogP contribution in [-0.2, 0) is 0 Å². The normalized spacial score (nSPS) is 10.3. The van der Waals surface area contributed by atoms with Crippen LogP contribution in [0.3, 0.4) is 0 Å². The van der Waals surface area contributed by atoms with Crippen molar-refractivity contribution in [2.24, 2.45) is 0 Å². The molecule has 5 nitrogen and oxygen atoms in total. The van der Waals surface area contributed by atoms with Crippen LogP contribution in [0.2, 0.25) is 20.2 Å². The fourth-order valence-electron chi connectivity index (χ4n) is 1.68. The average Bonchev–Trinajstić information content (AvgIpc) is 2.56. The minimum absolute atomic E-state index is 0.0233. The number of aromatic nitrogens is 1. The van der Waals surface area contributed by atoms with E-state index in [1.807, 2.05) is 0 Å². The molecule has 0 unspecified atom stereocenters. The zero-order valence-corrected chi connectivity index (χ0v) is 14.6. The van der Waals surface area contributed by atoms with Crippen LogP contribution in [0.4, 0.5) is 5.69 Å². The number of pyridine rings is 1. The number of carbonyl (C=O) groups is 2. The van der Waals surface area contributed by atoms with Gasteiger partial charge in [-0.2, -0.15) is 0 Å². The highest BCUT2D eigenvalue weighted by Gasteiger charge is 2.20. The van der Waals surface area contributed by atoms with Gasteiger partial charge in [0.25, 0.3) is 11.8 Å². The molecule has 0 saturated heterocycles. The van der Waals surface area contributed by atoms with Crippen molar-refractivity contribution in [3.63, 3.8) is 0 Å². The van der Waals surface area contributed by atoms with Crippen molar-refractivity contribution in [1.82, 2.24) is 10.3 Å². The Labute approximate surface area is 151 Å². The number of hydrogen-bond acceptors (Lipinski definition) is 3. The van der Waals surface area contributed by atoms with Gasteiger partial charge in [0, 0.05) is 18.3 Å². The van der Waals surface area contributed by atoms with Gasteiger partial charge >= 0.3 is 0 Å². The van der Waals surface area contributed by atoms with Gasteiger partial charge in [0.1, 0.15) is 10.8 Å². The minimum Gasteiger partial charge on any atom is -0.355 e. The molecule has 0 aliphatic heterocycles. The highest BCUT2D eigenvalue weighted by atomic mass is 35.5. The number of amides is 2. The van der Waals surface area contributed by atoms with Crippen LogP contribution in [0.1, 0.15) is 20.8 Å². The Balaban J connectivity index is 2.24. The number of anilines is 1. The SMILES string of the molecule is CNC(=O)c1ccc(NC(=O)c2nc(Cl)c(Cl)c(Cl)c2Cl)cc1. The lowest BCUT2D eigenvalue weighted by Crippen LogP contribution is -2.18. The summed E-state index contributed by atoms with van der Waals surface area (Å²) in [6, 6.07) is 6.25. The first-order valence-electron chi connectivity index (χ1n) is 6.18. The molecule has 0 atom stereocenters. The maximum Gasteiger partial charge on any atom is 0.275 e. The molecule has 120 valence electrons. The summed E-state index contributed by atoms with van der Waals surface area (Å²) < 4.78 is 0. The molecule has 0 radical (unpaired) electrons. The predicted octanol–water partition coefficient (Wildman–Crippen LogP) is 4.31. The fraction of sp³-hybridized carbons (Fsp3) is 0.0714. The van der Waals surface area contributed by atoms with Gasteiger partial charge in [0.05, 0.1) is 15.1 Å². The third kappa shape index (κ3) is 3.87. The molecule has 0 aliphatic rings. The standard InChI is InChI=1S/C14H9Cl4N3O2/c1-19-13(22)6-2-4-7(5-3-6)20-14(23)11-9(16)8(15)10(17)12(18)21-11/h2-5H,1H3,(H,19,22)(H,20,23). The third-order valence-corrected chi connectivity index (χ3v) is 4.51.